The molecule has 0 aliphatic heterocycles. The van der Waals surface area contributed by atoms with Gasteiger partial charge in [-0.1, -0.05) is 0 Å². The van der Waals surface area contributed by atoms with E-state index < -0.39 is 37.2 Å². The highest BCUT2D eigenvalue weighted by atomic mass is 19.4. The van der Waals surface area contributed by atoms with E-state index in [-0.39, 0.29) is 5.69 Å². The fourth-order valence-corrected chi connectivity index (χ4v) is 1.17. The van der Waals surface area contributed by atoms with Crippen molar-refractivity contribution in [3.8, 4) is 5.75 Å². The van der Waals surface area contributed by atoms with Gasteiger partial charge >= 0.3 is 12.3 Å². The van der Waals surface area contributed by atoms with Gasteiger partial charge in [-0.25, -0.2) is 4.79 Å². The molecule has 0 aromatic heterocycles. The van der Waals surface area contributed by atoms with Gasteiger partial charge in [-0.2, -0.15) is 0 Å². The van der Waals surface area contributed by atoms with Crippen LogP contribution in [0, 0.1) is 0 Å². The van der Waals surface area contributed by atoms with Crippen molar-refractivity contribution in [2.24, 2.45) is 0 Å². The Morgan fingerprint density at radius 3 is 2.25 bits per heavy atom. The first-order valence-corrected chi connectivity index (χ1v) is 5.21. The van der Waals surface area contributed by atoms with Crippen LogP contribution in [0.25, 0.3) is 0 Å². The van der Waals surface area contributed by atoms with Crippen molar-refractivity contribution in [1.29, 1.82) is 0 Å². The quantitative estimate of drug-likeness (QED) is 0.832. The minimum absolute atomic E-state index is 0.225. The predicted octanol–water partition coefficient (Wildman–Crippen LogP) is 1.62. The molecule has 1 aromatic rings. The van der Waals surface area contributed by atoms with Crippen LogP contribution in [0.5, 0.6) is 5.75 Å². The number of anilines is 1. The smallest absolute Gasteiger partial charge is 0.480 e. The third kappa shape index (κ3) is 6.59. The van der Waals surface area contributed by atoms with Crippen LogP contribution >= 0.6 is 0 Å². The second-order valence-electron chi connectivity index (χ2n) is 3.51. The Morgan fingerprint density at radius 1 is 1.15 bits per heavy atom. The van der Waals surface area contributed by atoms with Gasteiger partial charge in [0.15, 0.2) is 0 Å². The zero-order valence-electron chi connectivity index (χ0n) is 9.94. The fraction of sp³-hybridized carbons (Fsp3) is 0.273. The van der Waals surface area contributed by atoms with Gasteiger partial charge in [-0.05, 0) is 24.3 Å². The molecule has 0 aliphatic carbocycles. The Kier molecular flexibility index (Phi) is 5.32. The van der Waals surface area contributed by atoms with E-state index in [4.69, 9.17) is 5.11 Å². The summed E-state index contributed by atoms with van der Waals surface area (Å²) in [4.78, 5) is 21.4. The lowest BCUT2D eigenvalue weighted by atomic mass is 10.3. The third-order valence-electron chi connectivity index (χ3n) is 1.83. The number of aliphatic carboxylic acids is 1. The highest BCUT2D eigenvalue weighted by Gasteiger charge is 2.30. The monoisotopic (exact) mass is 293 g/mol. The number of ether oxygens (including phenoxy) is 2. The van der Waals surface area contributed by atoms with Crippen molar-refractivity contribution in [3.05, 3.63) is 24.3 Å². The Bertz CT molecular complexity index is 472. The van der Waals surface area contributed by atoms with Crippen LogP contribution < -0.4 is 10.1 Å². The number of rotatable bonds is 6. The topological polar surface area (TPSA) is 84.9 Å². The van der Waals surface area contributed by atoms with E-state index >= 15 is 0 Å². The van der Waals surface area contributed by atoms with Crippen LogP contribution in [0.4, 0.5) is 18.9 Å². The van der Waals surface area contributed by atoms with E-state index in [9.17, 15) is 22.8 Å². The summed E-state index contributed by atoms with van der Waals surface area (Å²) in [6.07, 6.45) is -4.78. The molecule has 0 atom stereocenters. The lowest BCUT2D eigenvalue weighted by Gasteiger charge is -2.09. The summed E-state index contributed by atoms with van der Waals surface area (Å²) in [7, 11) is 0. The van der Waals surface area contributed by atoms with Crippen molar-refractivity contribution in [2.45, 2.75) is 6.36 Å². The van der Waals surface area contributed by atoms with Crippen molar-refractivity contribution in [3.63, 3.8) is 0 Å². The normalized spacial score (nSPS) is 10.9. The van der Waals surface area contributed by atoms with Crippen LogP contribution in [0.15, 0.2) is 24.3 Å². The van der Waals surface area contributed by atoms with Crippen molar-refractivity contribution < 1.29 is 37.3 Å². The number of carboxylic acids is 1. The first kappa shape index (κ1) is 15.8. The fourth-order valence-electron chi connectivity index (χ4n) is 1.17. The molecule has 0 bridgehead atoms. The average Bonchev–Trinajstić information content (AvgIpc) is 2.29. The average molecular weight is 293 g/mol. The van der Waals surface area contributed by atoms with Crippen LogP contribution in [-0.2, 0) is 14.3 Å². The van der Waals surface area contributed by atoms with Gasteiger partial charge in [0.1, 0.15) is 19.0 Å². The number of benzene rings is 1. The number of carboxylic acid groups (broad SMARTS) is 1. The van der Waals surface area contributed by atoms with E-state index in [1.165, 1.54) is 12.1 Å². The third-order valence-corrected chi connectivity index (χ3v) is 1.83. The lowest BCUT2D eigenvalue weighted by Crippen LogP contribution is -2.20. The van der Waals surface area contributed by atoms with Crippen LogP contribution in [0.1, 0.15) is 0 Å². The van der Waals surface area contributed by atoms with E-state index in [2.05, 4.69) is 14.8 Å². The number of alkyl halides is 3. The number of carbonyl (C=O) groups excluding carboxylic acids is 1. The van der Waals surface area contributed by atoms with E-state index in [0.29, 0.717) is 0 Å². The zero-order valence-corrected chi connectivity index (χ0v) is 9.94. The second kappa shape index (κ2) is 6.75. The molecule has 6 nitrogen and oxygen atoms in total. The molecule has 0 spiro atoms. The number of hydrogen-bond acceptors (Lipinski definition) is 4. The first-order chi connectivity index (χ1) is 9.26. The van der Waals surface area contributed by atoms with Gasteiger partial charge in [0.2, 0.25) is 5.91 Å². The maximum atomic E-state index is 11.9. The molecule has 1 rings (SSSR count). The van der Waals surface area contributed by atoms with E-state index in [1.807, 2.05) is 0 Å². The van der Waals surface area contributed by atoms with Gasteiger partial charge in [-0.15, -0.1) is 13.2 Å². The molecule has 0 saturated carbocycles. The molecule has 0 unspecified atom stereocenters. The first-order valence-electron chi connectivity index (χ1n) is 5.21. The number of nitrogens with one attached hydrogen (secondary N) is 1. The van der Waals surface area contributed by atoms with Crippen LogP contribution in [0.3, 0.4) is 0 Å². The molecule has 0 heterocycles. The summed E-state index contributed by atoms with van der Waals surface area (Å²) in [6, 6.07) is 4.47. The molecular weight excluding hydrogens is 283 g/mol. The Balaban J connectivity index is 2.45. The van der Waals surface area contributed by atoms with Gasteiger partial charge in [-0.3, -0.25) is 4.79 Å². The highest BCUT2D eigenvalue weighted by molar-refractivity contribution is 5.91. The molecule has 20 heavy (non-hydrogen) atoms. The number of hydrogen-bond donors (Lipinski definition) is 2. The lowest BCUT2D eigenvalue weighted by molar-refractivity contribution is -0.274. The zero-order chi connectivity index (χ0) is 15.2. The number of amides is 1. The van der Waals surface area contributed by atoms with Gasteiger partial charge in [0.25, 0.3) is 0 Å². The maximum absolute atomic E-state index is 11.9. The van der Waals surface area contributed by atoms with Crippen molar-refractivity contribution in [2.75, 3.05) is 18.5 Å². The summed E-state index contributed by atoms with van der Waals surface area (Å²) < 4.78 is 43.9. The Labute approximate surface area is 111 Å². The summed E-state index contributed by atoms with van der Waals surface area (Å²) in [5.41, 5.74) is 0.225. The van der Waals surface area contributed by atoms with E-state index in [0.717, 1.165) is 12.1 Å². The maximum Gasteiger partial charge on any atom is 0.573 e. The van der Waals surface area contributed by atoms with Gasteiger partial charge in [0, 0.05) is 5.69 Å². The molecular formula is C11H10F3NO5. The SMILES string of the molecule is O=C(O)COCC(=O)Nc1ccc(OC(F)(F)F)cc1. The summed E-state index contributed by atoms with van der Waals surface area (Å²) in [6.45, 7) is -1.10. The molecule has 0 fully saturated rings. The van der Waals surface area contributed by atoms with Gasteiger partial charge in [0.05, 0.1) is 0 Å². The van der Waals surface area contributed by atoms with Gasteiger partial charge < -0.3 is 19.9 Å². The molecule has 1 aromatic carbocycles. The minimum Gasteiger partial charge on any atom is -0.480 e. The predicted molar refractivity (Wildman–Crippen MR) is 60.2 cm³/mol. The second-order valence-corrected chi connectivity index (χ2v) is 3.51. The van der Waals surface area contributed by atoms with Crippen molar-refractivity contribution in [1.82, 2.24) is 0 Å². The Morgan fingerprint density at radius 2 is 1.75 bits per heavy atom. The Hall–Kier alpha value is -2.29. The molecule has 0 aliphatic rings. The van der Waals surface area contributed by atoms with Crippen LogP contribution in [0.2, 0.25) is 0 Å². The molecule has 110 valence electrons. The molecule has 0 radical (unpaired) electrons. The standard InChI is InChI=1S/C11H10F3NO5/c12-11(13,14)20-8-3-1-7(2-4-8)15-9(16)5-19-6-10(17)18/h1-4H,5-6H2,(H,15,16)(H,17,18). The molecule has 9 heteroatoms. The minimum atomic E-state index is -4.78. The van der Waals surface area contributed by atoms with E-state index in [1.54, 1.807) is 0 Å². The number of carbonyl (C=O) groups is 2. The summed E-state index contributed by atoms with van der Waals surface area (Å²) >= 11 is 0. The largest absolute Gasteiger partial charge is 0.573 e. The van der Waals surface area contributed by atoms with Crippen molar-refractivity contribution >= 4 is 17.6 Å². The number of halogens is 3. The van der Waals surface area contributed by atoms with Crippen LogP contribution in [-0.4, -0.2) is 36.6 Å². The summed E-state index contributed by atoms with van der Waals surface area (Å²) in [5.74, 6) is -2.26. The molecule has 1 amide bonds. The molecule has 2 N–H and O–H groups in total. The summed E-state index contributed by atoms with van der Waals surface area (Å²) in [5, 5.41) is 10.6. The molecule has 0 saturated heterocycles. The highest BCUT2D eigenvalue weighted by Crippen LogP contribution is 2.23.